The first-order valence-electron chi connectivity index (χ1n) is 7.54. The average molecular weight is 342 g/mol. The van der Waals surface area contributed by atoms with E-state index in [-0.39, 0.29) is 24.4 Å². The largest absolute Gasteiger partial charge is 0.493 e. The predicted octanol–water partition coefficient (Wildman–Crippen LogP) is 1.41. The first kappa shape index (κ1) is 18.0. The fourth-order valence-corrected chi connectivity index (χ4v) is 2.01. The van der Waals surface area contributed by atoms with Crippen LogP contribution in [0, 0.1) is 11.3 Å². The van der Waals surface area contributed by atoms with Crippen molar-refractivity contribution in [1.29, 1.82) is 5.26 Å². The van der Waals surface area contributed by atoms with E-state index >= 15 is 0 Å². The highest BCUT2D eigenvalue weighted by molar-refractivity contribution is 5.92. The molecular formula is C17H18N4O4. The molecule has 1 aromatic carbocycles. The molecule has 0 unspecified atom stereocenters. The smallest absolute Gasteiger partial charge is 0.363 e. The lowest BCUT2D eigenvalue weighted by Gasteiger charge is -2.14. The molecule has 2 rings (SSSR count). The second-order valence-electron chi connectivity index (χ2n) is 5.13. The van der Waals surface area contributed by atoms with Crippen LogP contribution in [-0.4, -0.2) is 53.9 Å². The van der Waals surface area contributed by atoms with Gasteiger partial charge in [-0.15, -0.1) is 0 Å². The normalized spacial score (nSPS) is 9.96. The number of methoxy groups -OCH3 is 1. The number of benzene rings is 1. The highest BCUT2D eigenvalue weighted by Crippen LogP contribution is 2.20. The molecule has 1 aromatic heterocycles. The van der Waals surface area contributed by atoms with Crippen molar-refractivity contribution in [3.63, 3.8) is 0 Å². The molecule has 0 fully saturated rings. The van der Waals surface area contributed by atoms with Crippen molar-refractivity contribution >= 4 is 11.9 Å². The number of ether oxygens (including phenoxy) is 2. The number of amides is 1. The molecule has 8 nitrogen and oxygen atoms in total. The molecule has 0 radical (unpaired) electrons. The Bertz CT molecular complexity index is 780. The Morgan fingerprint density at radius 3 is 2.68 bits per heavy atom. The number of esters is 1. The summed E-state index contributed by atoms with van der Waals surface area (Å²) in [6.45, 7) is -0.152. The van der Waals surface area contributed by atoms with Gasteiger partial charge in [0, 0.05) is 13.6 Å². The van der Waals surface area contributed by atoms with Crippen LogP contribution in [0.25, 0.3) is 5.69 Å². The zero-order chi connectivity index (χ0) is 18.2. The first-order chi connectivity index (χ1) is 12.1. The second kappa shape index (κ2) is 8.49. The Hall–Kier alpha value is -3.34. The number of carbonyl (C=O) groups is 2. The van der Waals surface area contributed by atoms with Crippen LogP contribution in [0.2, 0.25) is 0 Å². The van der Waals surface area contributed by atoms with Gasteiger partial charge >= 0.3 is 5.97 Å². The van der Waals surface area contributed by atoms with Crippen molar-refractivity contribution in [1.82, 2.24) is 14.7 Å². The van der Waals surface area contributed by atoms with E-state index in [1.807, 2.05) is 36.4 Å². The van der Waals surface area contributed by atoms with Crippen molar-refractivity contribution in [2.45, 2.75) is 6.42 Å². The molecule has 0 aliphatic rings. The Balaban J connectivity index is 2.05. The molecule has 25 heavy (non-hydrogen) atoms. The van der Waals surface area contributed by atoms with Gasteiger partial charge in [0.2, 0.25) is 5.69 Å². The first-order valence-corrected chi connectivity index (χ1v) is 7.54. The summed E-state index contributed by atoms with van der Waals surface area (Å²) in [5.41, 5.74) is 0.742. The molecule has 0 saturated carbocycles. The Morgan fingerprint density at radius 2 is 2.04 bits per heavy atom. The number of nitrogens with zero attached hydrogens (tertiary/aromatic N) is 4. The Kier molecular flexibility index (Phi) is 6.12. The standard InChI is InChI=1S/C17H18N4O4/c1-20(10-6-9-18)15(22)12-25-17(23)16-14(24-2)11-21(19-16)13-7-4-3-5-8-13/h3-5,7-8,11H,6,10,12H2,1-2H3. The molecule has 0 N–H and O–H groups in total. The van der Waals surface area contributed by atoms with Crippen LogP contribution in [-0.2, 0) is 9.53 Å². The maximum atomic E-state index is 12.2. The third kappa shape index (κ3) is 4.57. The third-order valence-corrected chi connectivity index (χ3v) is 3.43. The fourth-order valence-electron chi connectivity index (χ4n) is 2.01. The third-order valence-electron chi connectivity index (χ3n) is 3.43. The Labute approximate surface area is 145 Å². The van der Waals surface area contributed by atoms with Crippen LogP contribution in [0.4, 0.5) is 0 Å². The number of likely N-dealkylation sites (N-methyl/N-ethyl adjacent to an activating group) is 1. The number of nitriles is 1. The number of hydrogen-bond acceptors (Lipinski definition) is 6. The van der Waals surface area contributed by atoms with E-state index in [9.17, 15) is 9.59 Å². The van der Waals surface area contributed by atoms with Crippen LogP contribution < -0.4 is 4.74 Å². The summed E-state index contributed by atoms with van der Waals surface area (Å²) in [6.07, 6.45) is 1.78. The van der Waals surface area contributed by atoms with Crippen molar-refractivity contribution in [3.8, 4) is 17.5 Å². The molecule has 0 spiro atoms. The lowest BCUT2D eigenvalue weighted by Crippen LogP contribution is -2.32. The van der Waals surface area contributed by atoms with Gasteiger partial charge in [0.05, 0.1) is 31.5 Å². The number of aromatic nitrogens is 2. The SMILES string of the molecule is COc1cn(-c2ccccc2)nc1C(=O)OCC(=O)N(C)CCC#N. The summed E-state index contributed by atoms with van der Waals surface area (Å²) in [4.78, 5) is 25.4. The minimum atomic E-state index is -0.756. The van der Waals surface area contributed by atoms with E-state index in [1.54, 1.807) is 6.20 Å². The van der Waals surface area contributed by atoms with Gasteiger partial charge in [0.25, 0.3) is 5.91 Å². The zero-order valence-corrected chi connectivity index (χ0v) is 14.0. The predicted molar refractivity (Wildman–Crippen MR) is 88.3 cm³/mol. The van der Waals surface area contributed by atoms with Crippen molar-refractivity contribution < 1.29 is 19.1 Å². The van der Waals surface area contributed by atoms with Crippen LogP contribution in [0.1, 0.15) is 16.9 Å². The Morgan fingerprint density at radius 1 is 1.32 bits per heavy atom. The number of hydrogen-bond donors (Lipinski definition) is 0. The second-order valence-corrected chi connectivity index (χ2v) is 5.13. The minimum Gasteiger partial charge on any atom is -0.493 e. The molecule has 0 atom stereocenters. The van der Waals surface area contributed by atoms with E-state index < -0.39 is 18.5 Å². The van der Waals surface area contributed by atoms with Gasteiger partial charge < -0.3 is 14.4 Å². The molecule has 0 bridgehead atoms. The molecule has 0 aliphatic carbocycles. The average Bonchev–Trinajstić information content (AvgIpc) is 3.09. The van der Waals surface area contributed by atoms with E-state index in [0.29, 0.717) is 0 Å². The van der Waals surface area contributed by atoms with E-state index in [4.69, 9.17) is 14.7 Å². The molecule has 1 amide bonds. The van der Waals surface area contributed by atoms with Crippen LogP contribution in [0.3, 0.4) is 0 Å². The van der Waals surface area contributed by atoms with Gasteiger partial charge in [0.15, 0.2) is 12.4 Å². The monoisotopic (exact) mass is 342 g/mol. The molecular weight excluding hydrogens is 324 g/mol. The fraction of sp³-hybridized carbons (Fsp3) is 0.294. The molecule has 0 saturated heterocycles. The van der Waals surface area contributed by atoms with Gasteiger partial charge in [-0.1, -0.05) is 18.2 Å². The lowest BCUT2D eigenvalue weighted by molar-refractivity contribution is -0.133. The lowest BCUT2D eigenvalue weighted by atomic mass is 10.3. The summed E-state index contributed by atoms with van der Waals surface area (Å²) >= 11 is 0. The summed E-state index contributed by atoms with van der Waals surface area (Å²) in [5, 5.41) is 12.7. The molecule has 8 heteroatoms. The van der Waals surface area contributed by atoms with Crippen molar-refractivity contribution in [2.24, 2.45) is 0 Å². The minimum absolute atomic E-state index is 0.0150. The maximum Gasteiger partial charge on any atom is 0.363 e. The summed E-state index contributed by atoms with van der Waals surface area (Å²) in [7, 11) is 2.96. The highest BCUT2D eigenvalue weighted by atomic mass is 16.5. The molecule has 2 aromatic rings. The summed E-state index contributed by atoms with van der Waals surface area (Å²) in [6, 6.07) is 11.2. The van der Waals surface area contributed by atoms with Crippen molar-refractivity contribution in [2.75, 3.05) is 27.3 Å². The van der Waals surface area contributed by atoms with Gasteiger partial charge in [-0.2, -0.15) is 10.4 Å². The zero-order valence-electron chi connectivity index (χ0n) is 14.0. The molecule has 130 valence electrons. The maximum absolute atomic E-state index is 12.2. The molecule has 1 heterocycles. The number of carbonyl (C=O) groups excluding carboxylic acids is 2. The summed E-state index contributed by atoms with van der Waals surface area (Å²) in [5.74, 6) is -0.905. The van der Waals surface area contributed by atoms with Gasteiger partial charge in [-0.25, -0.2) is 9.48 Å². The topological polar surface area (TPSA) is 97.5 Å². The van der Waals surface area contributed by atoms with E-state index in [0.717, 1.165) is 5.69 Å². The van der Waals surface area contributed by atoms with Gasteiger partial charge in [-0.05, 0) is 12.1 Å². The van der Waals surface area contributed by atoms with E-state index in [1.165, 1.54) is 23.7 Å². The van der Waals surface area contributed by atoms with Gasteiger partial charge in [-0.3, -0.25) is 4.79 Å². The van der Waals surface area contributed by atoms with Gasteiger partial charge in [0.1, 0.15) is 0 Å². The van der Waals surface area contributed by atoms with Crippen LogP contribution in [0.5, 0.6) is 5.75 Å². The number of para-hydroxylation sites is 1. The van der Waals surface area contributed by atoms with Crippen LogP contribution in [0.15, 0.2) is 36.5 Å². The highest BCUT2D eigenvalue weighted by Gasteiger charge is 2.21. The van der Waals surface area contributed by atoms with E-state index in [2.05, 4.69) is 5.10 Å². The summed E-state index contributed by atoms with van der Waals surface area (Å²) < 4.78 is 11.7. The molecule has 0 aliphatic heterocycles. The quantitative estimate of drug-likeness (QED) is 0.706. The van der Waals surface area contributed by atoms with Crippen LogP contribution >= 0.6 is 0 Å². The van der Waals surface area contributed by atoms with Crippen molar-refractivity contribution in [3.05, 3.63) is 42.2 Å². The number of rotatable bonds is 7.